The Morgan fingerprint density at radius 2 is 1.67 bits per heavy atom. The molecule has 2 aliphatic rings. The zero-order chi connectivity index (χ0) is 30.0. The number of hydrogen-bond donors (Lipinski definition) is 1. The second kappa shape index (κ2) is 14.9. The van der Waals surface area contributed by atoms with E-state index in [0.29, 0.717) is 37.6 Å². The van der Waals surface area contributed by atoms with Crippen LogP contribution in [0.3, 0.4) is 0 Å². The number of methoxy groups -OCH3 is 1. The molecule has 1 aliphatic heterocycles. The van der Waals surface area contributed by atoms with E-state index in [2.05, 4.69) is 29.2 Å². The fourth-order valence-corrected chi connectivity index (χ4v) is 5.79. The van der Waals surface area contributed by atoms with Crippen LogP contribution in [0.2, 0.25) is 0 Å². The van der Waals surface area contributed by atoms with Gasteiger partial charge in [0.15, 0.2) is 0 Å². The SMILES string of the molecule is COc1cc(OCCCC(=O)O)ccc1CN(CCCN1CCOCC1)C(=O)OCC1c2ccccc2-c2ccccc21. The lowest BCUT2D eigenvalue weighted by atomic mass is 9.98. The van der Waals surface area contributed by atoms with Crippen LogP contribution in [-0.4, -0.2) is 86.7 Å². The van der Waals surface area contributed by atoms with Crippen molar-refractivity contribution in [2.45, 2.75) is 31.7 Å². The molecule has 1 N–H and O–H groups in total. The highest BCUT2D eigenvalue weighted by Gasteiger charge is 2.30. The summed E-state index contributed by atoms with van der Waals surface area (Å²) < 4.78 is 22.9. The molecule has 43 heavy (non-hydrogen) atoms. The Bertz CT molecular complexity index is 1340. The minimum absolute atomic E-state index is 0.0151. The molecule has 0 unspecified atom stereocenters. The summed E-state index contributed by atoms with van der Waals surface area (Å²) in [6, 6.07) is 22.1. The Balaban J connectivity index is 1.27. The van der Waals surface area contributed by atoms with Gasteiger partial charge in [-0.25, -0.2) is 4.79 Å². The summed E-state index contributed by atoms with van der Waals surface area (Å²) in [5, 5.41) is 8.85. The highest BCUT2D eigenvalue weighted by atomic mass is 16.6. The van der Waals surface area contributed by atoms with Crippen molar-refractivity contribution in [1.82, 2.24) is 9.80 Å². The summed E-state index contributed by atoms with van der Waals surface area (Å²) >= 11 is 0. The Morgan fingerprint density at radius 3 is 2.35 bits per heavy atom. The largest absolute Gasteiger partial charge is 0.496 e. The van der Waals surface area contributed by atoms with Crippen molar-refractivity contribution in [2.24, 2.45) is 0 Å². The van der Waals surface area contributed by atoms with Gasteiger partial charge in [-0.05, 0) is 47.2 Å². The van der Waals surface area contributed by atoms with Crippen LogP contribution in [0.4, 0.5) is 4.79 Å². The molecule has 0 saturated carbocycles. The number of ether oxygens (including phenoxy) is 4. The average Bonchev–Trinajstić information content (AvgIpc) is 3.35. The first-order chi connectivity index (χ1) is 21.0. The quantitative estimate of drug-likeness (QED) is 0.250. The molecule has 0 bridgehead atoms. The van der Waals surface area contributed by atoms with Crippen LogP contribution >= 0.6 is 0 Å². The van der Waals surface area contributed by atoms with E-state index in [1.54, 1.807) is 18.1 Å². The van der Waals surface area contributed by atoms with Gasteiger partial charge in [0.05, 0.1) is 33.5 Å². The third-order valence-electron chi connectivity index (χ3n) is 8.02. The monoisotopic (exact) mass is 588 g/mol. The number of fused-ring (bicyclic) bond motifs is 3. The third kappa shape index (κ3) is 7.86. The van der Waals surface area contributed by atoms with E-state index in [-0.39, 0.29) is 25.0 Å². The van der Waals surface area contributed by atoms with Crippen molar-refractivity contribution < 1.29 is 33.6 Å². The van der Waals surface area contributed by atoms with Crippen molar-refractivity contribution in [1.29, 1.82) is 0 Å². The highest BCUT2D eigenvalue weighted by molar-refractivity contribution is 5.79. The number of carboxylic acids is 1. The van der Waals surface area contributed by atoms with Gasteiger partial charge in [-0.1, -0.05) is 48.5 Å². The standard InChI is InChI=1S/C34H40N2O7/c1-40-32-22-26(42-19-6-12-33(37)38)14-13-25(32)23-36(16-7-15-35-17-20-41-21-18-35)34(39)43-24-31-29-10-4-2-8-27(29)28-9-3-5-11-30(28)31/h2-5,8-11,13-14,22,31H,6-7,12,15-21,23-24H2,1H3,(H,37,38). The first kappa shape index (κ1) is 30.4. The van der Waals surface area contributed by atoms with Gasteiger partial charge < -0.3 is 29.0 Å². The van der Waals surface area contributed by atoms with Gasteiger partial charge >= 0.3 is 12.1 Å². The van der Waals surface area contributed by atoms with E-state index in [1.807, 2.05) is 36.4 Å². The fourth-order valence-electron chi connectivity index (χ4n) is 5.79. The zero-order valence-electron chi connectivity index (χ0n) is 24.7. The minimum atomic E-state index is -0.849. The van der Waals surface area contributed by atoms with E-state index in [0.717, 1.165) is 44.8 Å². The van der Waals surface area contributed by atoms with Crippen molar-refractivity contribution in [3.8, 4) is 22.6 Å². The second-order valence-corrected chi connectivity index (χ2v) is 10.9. The number of morpholine rings is 1. The number of rotatable bonds is 14. The van der Waals surface area contributed by atoms with Crippen LogP contribution in [-0.2, 0) is 20.8 Å². The first-order valence-corrected chi connectivity index (χ1v) is 14.9. The topological polar surface area (TPSA) is 97.8 Å². The van der Waals surface area contributed by atoms with Gasteiger partial charge in [0, 0.05) is 50.1 Å². The molecule has 0 aromatic heterocycles. The number of carboxylic acid groups (broad SMARTS) is 1. The molecule has 228 valence electrons. The zero-order valence-corrected chi connectivity index (χ0v) is 24.7. The first-order valence-electron chi connectivity index (χ1n) is 14.9. The van der Waals surface area contributed by atoms with Gasteiger partial charge in [-0.3, -0.25) is 9.69 Å². The molecule has 1 heterocycles. The van der Waals surface area contributed by atoms with E-state index >= 15 is 0 Å². The van der Waals surface area contributed by atoms with Crippen LogP contribution in [0.25, 0.3) is 11.1 Å². The molecule has 3 aromatic carbocycles. The Labute approximate surface area is 252 Å². The van der Waals surface area contributed by atoms with Gasteiger partial charge in [-0.2, -0.15) is 0 Å². The number of carbonyl (C=O) groups excluding carboxylic acids is 1. The van der Waals surface area contributed by atoms with Crippen LogP contribution in [0.5, 0.6) is 11.5 Å². The third-order valence-corrected chi connectivity index (χ3v) is 8.02. The molecule has 0 atom stereocenters. The molecule has 3 aromatic rings. The summed E-state index contributed by atoms with van der Waals surface area (Å²) in [5.41, 5.74) is 5.57. The van der Waals surface area contributed by atoms with Crippen LogP contribution in [0, 0.1) is 0 Å². The van der Waals surface area contributed by atoms with Gasteiger partial charge in [0.25, 0.3) is 0 Å². The highest BCUT2D eigenvalue weighted by Crippen LogP contribution is 2.44. The van der Waals surface area contributed by atoms with Crippen molar-refractivity contribution in [3.05, 3.63) is 83.4 Å². The predicted octanol–water partition coefficient (Wildman–Crippen LogP) is 5.41. The number of benzene rings is 3. The lowest BCUT2D eigenvalue weighted by molar-refractivity contribution is -0.137. The van der Waals surface area contributed by atoms with Gasteiger partial charge in [0.2, 0.25) is 0 Å². The molecule has 1 saturated heterocycles. The summed E-state index contributed by atoms with van der Waals surface area (Å²) in [6.45, 7) is 5.54. The molecule has 0 spiro atoms. The predicted molar refractivity (Wildman–Crippen MR) is 163 cm³/mol. The summed E-state index contributed by atoms with van der Waals surface area (Å²) in [7, 11) is 1.59. The van der Waals surface area contributed by atoms with Gasteiger partial charge in [-0.15, -0.1) is 0 Å². The molecule has 1 aliphatic carbocycles. The molecular weight excluding hydrogens is 548 g/mol. The van der Waals surface area contributed by atoms with Crippen LogP contribution < -0.4 is 9.47 Å². The minimum Gasteiger partial charge on any atom is -0.496 e. The molecule has 5 rings (SSSR count). The summed E-state index contributed by atoms with van der Waals surface area (Å²) in [5.74, 6) is 0.323. The van der Waals surface area contributed by atoms with Crippen LogP contribution in [0.15, 0.2) is 66.7 Å². The van der Waals surface area contributed by atoms with E-state index in [1.165, 1.54) is 22.3 Å². The number of aliphatic carboxylic acids is 1. The molecule has 9 nitrogen and oxygen atoms in total. The molecule has 1 amide bonds. The second-order valence-electron chi connectivity index (χ2n) is 10.9. The number of nitrogens with zero attached hydrogens (tertiary/aromatic N) is 2. The molecular formula is C34H40N2O7. The van der Waals surface area contributed by atoms with E-state index in [4.69, 9.17) is 24.1 Å². The smallest absolute Gasteiger partial charge is 0.410 e. The van der Waals surface area contributed by atoms with Gasteiger partial charge in [0.1, 0.15) is 18.1 Å². The lowest BCUT2D eigenvalue weighted by Crippen LogP contribution is -2.39. The average molecular weight is 589 g/mol. The maximum absolute atomic E-state index is 13.7. The van der Waals surface area contributed by atoms with E-state index < -0.39 is 5.97 Å². The number of amides is 1. The Morgan fingerprint density at radius 1 is 0.977 bits per heavy atom. The van der Waals surface area contributed by atoms with Crippen molar-refractivity contribution >= 4 is 12.1 Å². The summed E-state index contributed by atoms with van der Waals surface area (Å²) in [4.78, 5) is 28.6. The Kier molecular flexibility index (Phi) is 10.5. The maximum atomic E-state index is 13.7. The normalized spacial score (nSPS) is 14.5. The fraction of sp³-hybridized carbons (Fsp3) is 0.412. The molecule has 9 heteroatoms. The molecule has 1 fully saturated rings. The lowest BCUT2D eigenvalue weighted by Gasteiger charge is -2.28. The van der Waals surface area contributed by atoms with E-state index in [9.17, 15) is 9.59 Å². The Hall–Kier alpha value is -4.08. The maximum Gasteiger partial charge on any atom is 0.410 e. The summed E-state index contributed by atoms with van der Waals surface area (Å²) in [6.07, 6.45) is 0.907. The van der Waals surface area contributed by atoms with Crippen molar-refractivity contribution in [2.75, 3.05) is 59.7 Å². The van der Waals surface area contributed by atoms with Crippen LogP contribution in [0.1, 0.15) is 41.9 Å². The number of hydrogen-bond acceptors (Lipinski definition) is 7. The number of carbonyl (C=O) groups is 2. The molecule has 0 radical (unpaired) electrons. The van der Waals surface area contributed by atoms with Crippen molar-refractivity contribution in [3.63, 3.8) is 0 Å².